The highest BCUT2D eigenvalue weighted by atomic mass is 19.1. The number of esters is 1. The number of ether oxygens (including phenoxy) is 2. The Hall–Kier alpha value is -1.84. The Balaban J connectivity index is 2.28. The molecule has 92 valence electrons. The third-order valence-corrected chi connectivity index (χ3v) is 1.83. The van der Waals surface area contributed by atoms with E-state index in [0.29, 0.717) is 0 Å². The number of hydrogen-bond acceptors (Lipinski definition) is 3. The minimum absolute atomic E-state index is 0.0942. The molecule has 3 nitrogen and oxygen atoms in total. The Morgan fingerprint density at radius 3 is 2.65 bits per heavy atom. The van der Waals surface area contributed by atoms with E-state index in [4.69, 9.17) is 9.47 Å². The lowest BCUT2D eigenvalue weighted by Gasteiger charge is -2.06. The number of rotatable bonds is 5. The van der Waals surface area contributed by atoms with Crippen molar-refractivity contribution in [3.63, 3.8) is 0 Å². The Morgan fingerprint density at radius 1 is 1.29 bits per heavy atom. The predicted octanol–water partition coefficient (Wildman–Crippen LogP) is 2.71. The fourth-order valence-electron chi connectivity index (χ4n) is 1.13. The van der Waals surface area contributed by atoms with Gasteiger partial charge in [-0.25, -0.2) is 9.18 Å². The van der Waals surface area contributed by atoms with Gasteiger partial charge in [-0.1, -0.05) is 17.7 Å². The van der Waals surface area contributed by atoms with Crippen LogP contribution in [0.2, 0.25) is 0 Å². The van der Waals surface area contributed by atoms with Crippen molar-refractivity contribution in [2.45, 2.75) is 13.8 Å². The largest absolute Gasteiger partial charge is 0.487 e. The molecule has 0 aliphatic rings. The topological polar surface area (TPSA) is 35.5 Å². The van der Waals surface area contributed by atoms with Gasteiger partial charge >= 0.3 is 5.97 Å². The first-order chi connectivity index (χ1) is 8.09. The van der Waals surface area contributed by atoms with Crippen LogP contribution in [0.1, 0.15) is 13.8 Å². The second kappa shape index (κ2) is 6.68. The van der Waals surface area contributed by atoms with E-state index < -0.39 is 11.8 Å². The minimum Gasteiger partial charge on any atom is -0.487 e. The summed E-state index contributed by atoms with van der Waals surface area (Å²) in [7, 11) is 0. The lowest BCUT2D eigenvalue weighted by molar-refractivity contribution is -0.138. The van der Waals surface area contributed by atoms with Crippen molar-refractivity contribution in [3.05, 3.63) is 41.7 Å². The van der Waals surface area contributed by atoms with Gasteiger partial charge in [-0.2, -0.15) is 0 Å². The molecule has 1 rings (SSSR count). The summed E-state index contributed by atoms with van der Waals surface area (Å²) in [4.78, 5) is 11.1. The van der Waals surface area contributed by atoms with Crippen molar-refractivity contribution in [1.29, 1.82) is 0 Å². The van der Waals surface area contributed by atoms with E-state index in [0.717, 1.165) is 5.57 Å². The van der Waals surface area contributed by atoms with Crippen LogP contribution in [-0.2, 0) is 9.53 Å². The quantitative estimate of drug-likeness (QED) is 0.449. The molecule has 0 spiro atoms. The zero-order chi connectivity index (χ0) is 12.7. The lowest BCUT2D eigenvalue weighted by Crippen LogP contribution is -2.11. The molecule has 0 atom stereocenters. The molecule has 0 saturated heterocycles. The summed E-state index contributed by atoms with van der Waals surface area (Å²) < 4.78 is 23.1. The van der Waals surface area contributed by atoms with Gasteiger partial charge in [0.05, 0.1) is 0 Å². The number of allylic oxidation sites excluding steroid dienone is 1. The van der Waals surface area contributed by atoms with E-state index in [9.17, 15) is 9.18 Å². The normalized spacial score (nSPS) is 9.59. The average Bonchev–Trinajstić information content (AvgIpc) is 2.25. The van der Waals surface area contributed by atoms with E-state index in [-0.39, 0.29) is 19.0 Å². The molecule has 0 saturated carbocycles. The first-order valence-electron chi connectivity index (χ1n) is 5.28. The second-order valence-corrected chi connectivity index (χ2v) is 3.67. The summed E-state index contributed by atoms with van der Waals surface area (Å²) >= 11 is 0. The summed E-state index contributed by atoms with van der Waals surface area (Å²) in [6, 6.07) is 6.09. The van der Waals surface area contributed by atoms with Crippen molar-refractivity contribution in [2.24, 2.45) is 0 Å². The average molecular weight is 238 g/mol. The number of hydrogen-bond donors (Lipinski definition) is 0. The zero-order valence-electron chi connectivity index (χ0n) is 9.90. The van der Waals surface area contributed by atoms with E-state index in [1.165, 1.54) is 18.2 Å². The van der Waals surface area contributed by atoms with Crippen LogP contribution in [0, 0.1) is 5.82 Å². The monoisotopic (exact) mass is 238 g/mol. The van der Waals surface area contributed by atoms with Gasteiger partial charge in [0.15, 0.2) is 11.6 Å². The number of halogens is 1. The summed E-state index contributed by atoms with van der Waals surface area (Å²) in [6.07, 6.45) is 1.39. The fraction of sp³-hybridized carbons (Fsp3) is 0.308. The maximum Gasteiger partial charge on any atom is 0.330 e. The molecule has 4 heteroatoms. The fourth-order valence-corrected chi connectivity index (χ4v) is 1.13. The van der Waals surface area contributed by atoms with Gasteiger partial charge in [-0.05, 0) is 26.0 Å². The van der Waals surface area contributed by atoms with Crippen molar-refractivity contribution < 1.29 is 18.7 Å². The highest BCUT2D eigenvalue weighted by molar-refractivity contribution is 5.82. The van der Waals surface area contributed by atoms with Gasteiger partial charge in [-0.3, -0.25) is 0 Å². The van der Waals surface area contributed by atoms with Crippen LogP contribution in [0.25, 0.3) is 0 Å². The molecule has 0 amide bonds. The molecule has 0 radical (unpaired) electrons. The van der Waals surface area contributed by atoms with E-state index in [2.05, 4.69) is 0 Å². The Labute approximate surface area is 99.9 Å². The van der Waals surface area contributed by atoms with Crippen LogP contribution in [-0.4, -0.2) is 19.2 Å². The molecule has 0 N–H and O–H groups in total. The molecule has 0 unspecified atom stereocenters. The van der Waals surface area contributed by atoms with Crippen molar-refractivity contribution >= 4 is 5.97 Å². The molecule has 17 heavy (non-hydrogen) atoms. The van der Waals surface area contributed by atoms with E-state index in [1.54, 1.807) is 26.0 Å². The highest BCUT2D eigenvalue weighted by Crippen LogP contribution is 2.14. The minimum atomic E-state index is -0.428. The van der Waals surface area contributed by atoms with Gasteiger partial charge in [0.1, 0.15) is 13.2 Å². The van der Waals surface area contributed by atoms with Crippen LogP contribution in [0.5, 0.6) is 5.75 Å². The number of carbonyl (C=O) groups excluding carboxylic acids is 1. The van der Waals surface area contributed by atoms with Crippen LogP contribution in [0.4, 0.5) is 4.39 Å². The second-order valence-electron chi connectivity index (χ2n) is 3.67. The third kappa shape index (κ3) is 5.15. The first-order valence-corrected chi connectivity index (χ1v) is 5.28. The molecule has 0 aromatic heterocycles. The molecule has 1 aromatic carbocycles. The van der Waals surface area contributed by atoms with E-state index in [1.807, 2.05) is 0 Å². The summed E-state index contributed by atoms with van der Waals surface area (Å²) in [5.41, 5.74) is 0.866. The Morgan fingerprint density at radius 2 is 2.00 bits per heavy atom. The summed E-state index contributed by atoms with van der Waals surface area (Å²) in [5, 5.41) is 0. The number of benzene rings is 1. The highest BCUT2D eigenvalue weighted by Gasteiger charge is 2.02. The molecular weight excluding hydrogens is 223 g/mol. The Kier molecular flexibility index (Phi) is 5.20. The molecule has 1 aromatic rings. The lowest BCUT2D eigenvalue weighted by atomic mass is 10.3. The van der Waals surface area contributed by atoms with Crippen LogP contribution in [0.15, 0.2) is 35.9 Å². The van der Waals surface area contributed by atoms with Crippen LogP contribution < -0.4 is 4.74 Å². The van der Waals surface area contributed by atoms with Crippen molar-refractivity contribution in [3.8, 4) is 5.75 Å². The molecular formula is C13H15FO3. The number of carbonyl (C=O) groups is 1. The summed E-state index contributed by atoms with van der Waals surface area (Å²) in [6.45, 7) is 3.83. The zero-order valence-corrected chi connectivity index (χ0v) is 9.90. The van der Waals surface area contributed by atoms with Gasteiger partial charge < -0.3 is 9.47 Å². The molecule has 0 aliphatic heterocycles. The van der Waals surface area contributed by atoms with Gasteiger partial charge in [0.2, 0.25) is 0 Å². The smallest absolute Gasteiger partial charge is 0.330 e. The van der Waals surface area contributed by atoms with Gasteiger partial charge in [-0.15, -0.1) is 0 Å². The van der Waals surface area contributed by atoms with E-state index >= 15 is 0 Å². The van der Waals surface area contributed by atoms with Crippen LogP contribution >= 0.6 is 0 Å². The molecule has 0 bridgehead atoms. The standard InChI is InChI=1S/C13H15FO3/c1-10(2)9-13(15)17-8-7-16-12-6-4-3-5-11(12)14/h3-6,9H,7-8H2,1-2H3. The van der Waals surface area contributed by atoms with Crippen molar-refractivity contribution in [1.82, 2.24) is 0 Å². The molecule has 0 aliphatic carbocycles. The van der Waals surface area contributed by atoms with Crippen molar-refractivity contribution in [2.75, 3.05) is 13.2 Å². The maximum atomic E-state index is 13.1. The maximum absolute atomic E-state index is 13.1. The van der Waals surface area contributed by atoms with Gasteiger partial charge in [0.25, 0.3) is 0 Å². The predicted molar refractivity (Wildman–Crippen MR) is 62.3 cm³/mol. The molecule has 0 fully saturated rings. The first kappa shape index (κ1) is 13.2. The number of para-hydroxylation sites is 1. The van der Waals surface area contributed by atoms with Crippen LogP contribution in [0.3, 0.4) is 0 Å². The Bertz CT molecular complexity index is 409. The summed E-state index contributed by atoms with van der Waals surface area (Å²) in [5.74, 6) is -0.684. The third-order valence-electron chi connectivity index (χ3n) is 1.83. The molecule has 0 heterocycles. The SMILES string of the molecule is CC(C)=CC(=O)OCCOc1ccccc1F. The van der Waals surface area contributed by atoms with Gasteiger partial charge in [0, 0.05) is 6.08 Å².